The maximum atomic E-state index is 8.64. The standard InChI is InChI=1S/C13H28N2O/c1-15-10-6-13(7-11-15)5-9-14-8-3-2-4-12-16/h13-14,16H,2-12H2,1H3. The van der Waals surface area contributed by atoms with E-state index in [4.69, 9.17) is 5.11 Å². The lowest BCUT2D eigenvalue weighted by atomic mass is 9.94. The fourth-order valence-electron chi connectivity index (χ4n) is 2.32. The molecule has 0 aliphatic carbocycles. The number of likely N-dealkylation sites (tertiary alicyclic amines) is 1. The van der Waals surface area contributed by atoms with Crippen LogP contribution in [-0.2, 0) is 0 Å². The van der Waals surface area contributed by atoms with E-state index in [0.29, 0.717) is 6.61 Å². The third kappa shape index (κ3) is 6.46. The molecule has 1 aliphatic heterocycles. The van der Waals surface area contributed by atoms with E-state index >= 15 is 0 Å². The van der Waals surface area contributed by atoms with Crippen LogP contribution in [0.3, 0.4) is 0 Å². The highest BCUT2D eigenvalue weighted by Gasteiger charge is 2.15. The van der Waals surface area contributed by atoms with Gasteiger partial charge in [0.2, 0.25) is 0 Å². The van der Waals surface area contributed by atoms with Gasteiger partial charge in [0.25, 0.3) is 0 Å². The lowest BCUT2D eigenvalue weighted by molar-refractivity contribution is 0.211. The quantitative estimate of drug-likeness (QED) is 0.618. The zero-order valence-electron chi connectivity index (χ0n) is 10.7. The molecule has 1 saturated heterocycles. The van der Waals surface area contributed by atoms with E-state index in [1.165, 1.54) is 45.3 Å². The van der Waals surface area contributed by atoms with Crippen LogP contribution in [0.25, 0.3) is 0 Å². The lowest BCUT2D eigenvalue weighted by Crippen LogP contribution is -2.31. The Kier molecular flexibility index (Phi) is 7.81. The van der Waals surface area contributed by atoms with Gasteiger partial charge in [0.1, 0.15) is 0 Å². The molecular weight excluding hydrogens is 200 g/mol. The monoisotopic (exact) mass is 228 g/mol. The van der Waals surface area contributed by atoms with Crippen molar-refractivity contribution in [2.45, 2.75) is 38.5 Å². The Bertz CT molecular complexity index is 156. The first-order chi connectivity index (χ1) is 7.83. The van der Waals surface area contributed by atoms with Crippen molar-refractivity contribution in [1.82, 2.24) is 10.2 Å². The van der Waals surface area contributed by atoms with Gasteiger partial charge in [-0.05, 0) is 77.7 Å². The second-order valence-corrected chi connectivity index (χ2v) is 5.07. The maximum absolute atomic E-state index is 8.64. The molecule has 0 radical (unpaired) electrons. The summed E-state index contributed by atoms with van der Waals surface area (Å²) in [6.45, 7) is 5.19. The summed E-state index contributed by atoms with van der Waals surface area (Å²) in [6, 6.07) is 0. The van der Waals surface area contributed by atoms with Crippen molar-refractivity contribution in [3.05, 3.63) is 0 Å². The Labute approximate surface area is 100 Å². The van der Waals surface area contributed by atoms with Gasteiger partial charge in [0.15, 0.2) is 0 Å². The van der Waals surface area contributed by atoms with Crippen molar-refractivity contribution in [3.8, 4) is 0 Å². The third-order valence-corrected chi connectivity index (χ3v) is 3.58. The fourth-order valence-corrected chi connectivity index (χ4v) is 2.32. The summed E-state index contributed by atoms with van der Waals surface area (Å²) in [4.78, 5) is 2.43. The highest BCUT2D eigenvalue weighted by Crippen LogP contribution is 2.18. The van der Waals surface area contributed by atoms with E-state index in [-0.39, 0.29) is 0 Å². The summed E-state index contributed by atoms with van der Waals surface area (Å²) in [5.74, 6) is 0.946. The van der Waals surface area contributed by atoms with Gasteiger partial charge in [-0.25, -0.2) is 0 Å². The second kappa shape index (κ2) is 8.97. The number of nitrogens with one attached hydrogen (secondary N) is 1. The number of piperidine rings is 1. The van der Waals surface area contributed by atoms with E-state index in [1.54, 1.807) is 0 Å². The van der Waals surface area contributed by atoms with E-state index < -0.39 is 0 Å². The number of aliphatic hydroxyl groups is 1. The fraction of sp³-hybridized carbons (Fsp3) is 1.00. The molecule has 0 atom stereocenters. The summed E-state index contributed by atoms with van der Waals surface area (Å²) < 4.78 is 0. The smallest absolute Gasteiger partial charge is 0.0431 e. The SMILES string of the molecule is CN1CCC(CCNCCCCCO)CC1. The molecule has 0 saturated carbocycles. The Balaban J connectivity index is 1.84. The van der Waals surface area contributed by atoms with Crippen LogP contribution >= 0.6 is 0 Å². The number of hydrogen-bond acceptors (Lipinski definition) is 3. The Morgan fingerprint density at radius 2 is 1.88 bits per heavy atom. The Hall–Kier alpha value is -0.120. The molecule has 3 nitrogen and oxygen atoms in total. The van der Waals surface area contributed by atoms with Gasteiger partial charge in [-0.3, -0.25) is 0 Å². The predicted molar refractivity (Wildman–Crippen MR) is 68.6 cm³/mol. The summed E-state index contributed by atoms with van der Waals surface area (Å²) >= 11 is 0. The van der Waals surface area contributed by atoms with Gasteiger partial charge in [0, 0.05) is 6.61 Å². The minimum atomic E-state index is 0.343. The minimum absolute atomic E-state index is 0.343. The first kappa shape index (κ1) is 13.9. The van der Waals surface area contributed by atoms with Crippen molar-refractivity contribution in [1.29, 1.82) is 0 Å². The number of nitrogens with zero attached hydrogens (tertiary/aromatic N) is 1. The van der Waals surface area contributed by atoms with Crippen LogP contribution in [0.15, 0.2) is 0 Å². The lowest BCUT2D eigenvalue weighted by Gasteiger charge is -2.28. The summed E-state index contributed by atoms with van der Waals surface area (Å²) in [5, 5.41) is 12.1. The van der Waals surface area contributed by atoms with Crippen molar-refractivity contribution in [3.63, 3.8) is 0 Å². The van der Waals surface area contributed by atoms with Gasteiger partial charge in [-0.1, -0.05) is 0 Å². The molecule has 0 aromatic rings. The van der Waals surface area contributed by atoms with Crippen LogP contribution in [0.4, 0.5) is 0 Å². The number of unbranched alkanes of at least 4 members (excludes halogenated alkanes) is 2. The van der Waals surface area contributed by atoms with Gasteiger partial charge >= 0.3 is 0 Å². The zero-order chi connectivity index (χ0) is 11.6. The van der Waals surface area contributed by atoms with Crippen LogP contribution < -0.4 is 5.32 Å². The largest absolute Gasteiger partial charge is 0.396 e. The summed E-state index contributed by atoms with van der Waals surface area (Å²) in [5.41, 5.74) is 0. The maximum Gasteiger partial charge on any atom is 0.0431 e. The van der Waals surface area contributed by atoms with Gasteiger partial charge in [0.05, 0.1) is 0 Å². The molecular formula is C13H28N2O. The van der Waals surface area contributed by atoms with Crippen LogP contribution in [0.1, 0.15) is 38.5 Å². The average molecular weight is 228 g/mol. The van der Waals surface area contributed by atoms with Crippen LogP contribution in [-0.4, -0.2) is 49.8 Å². The molecule has 0 bridgehead atoms. The van der Waals surface area contributed by atoms with Gasteiger partial charge in [-0.2, -0.15) is 0 Å². The second-order valence-electron chi connectivity index (χ2n) is 5.07. The average Bonchev–Trinajstić information content (AvgIpc) is 2.30. The van der Waals surface area contributed by atoms with Gasteiger partial charge in [-0.15, -0.1) is 0 Å². The molecule has 96 valence electrons. The molecule has 0 unspecified atom stereocenters. The van der Waals surface area contributed by atoms with Crippen molar-refractivity contribution in [2.75, 3.05) is 39.8 Å². The molecule has 0 aromatic carbocycles. The predicted octanol–water partition coefficient (Wildman–Crippen LogP) is 1.47. The van der Waals surface area contributed by atoms with Crippen molar-refractivity contribution >= 4 is 0 Å². The topological polar surface area (TPSA) is 35.5 Å². The molecule has 0 amide bonds. The third-order valence-electron chi connectivity index (χ3n) is 3.58. The zero-order valence-corrected chi connectivity index (χ0v) is 10.7. The summed E-state index contributed by atoms with van der Waals surface area (Å²) in [7, 11) is 2.22. The van der Waals surface area contributed by atoms with Crippen molar-refractivity contribution in [2.24, 2.45) is 5.92 Å². The Morgan fingerprint density at radius 3 is 2.56 bits per heavy atom. The summed E-state index contributed by atoms with van der Waals surface area (Å²) in [6.07, 6.45) is 7.40. The first-order valence-electron chi connectivity index (χ1n) is 6.83. The van der Waals surface area contributed by atoms with Crippen molar-refractivity contribution < 1.29 is 5.11 Å². The molecule has 2 N–H and O–H groups in total. The first-order valence-corrected chi connectivity index (χ1v) is 6.83. The van der Waals surface area contributed by atoms with E-state index in [2.05, 4.69) is 17.3 Å². The highest BCUT2D eigenvalue weighted by molar-refractivity contribution is 4.70. The molecule has 1 fully saturated rings. The molecule has 0 aromatic heterocycles. The van der Waals surface area contributed by atoms with E-state index in [0.717, 1.165) is 25.3 Å². The molecule has 3 heteroatoms. The molecule has 16 heavy (non-hydrogen) atoms. The van der Waals surface area contributed by atoms with Crippen LogP contribution in [0.2, 0.25) is 0 Å². The molecule has 1 heterocycles. The highest BCUT2D eigenvalue weighted by atomic mass is 16.2. The number of hydrogen-bond donors (Lipinski definition) is 2. The number of aliphatic hydroxyl groups excluding tert-OH is 1. The molecule has 1 rings (SSSR count). The normalized spacial score (nSPS) is 19.1. The Morgan fingerprint density at radius 1 is 1.12 bits per heavy atom. The van der Waals surface area contributed by atoms with E-state index in [1.807, 2.05) is 0 Å². The van der Waals surface area contributed by atoms with Gasteiger partial charge < -0.3 is 15.3 Å². The van der Waals surface area contributed by atoms with E-state index in [9.17, 15) is 0 Å². The molecule has 1 aliphatic rings. The van der Waals surface area contributed by atoms with Crippen LogP contribution in [0.5, 0.6) is 0 Å². The number of rotatable bonds is 8. The minimum Gasteiger partial charge on any atom is -0.396 e. The van der Waals surface area contributed by atoms with Crippen LogP contribution in [0, 0.1) is 5.92 Å². The molecule has 0 spiro atoms.